The number of likely N-dealkylation sites (tertiary alicyclic amines) is 1. The van der Waals surface area contributed by atoms with E-state index in [1.807, 2.05) is 41.3 Å². The first-order valence-electron chi connectivity index (χ1n) is 8.14. The molecule has 2 amide bonds. The van der Waals surface area contributed by atoms with E-state index >= 15 is 0 Å². The SMILES string of the molecule is COc1ccccc1CNC(=O)N1CCC[C@H]1c1ccc(O)cc1. The molecule has 2 N–H and O–H groups in total. The fourth-order valence-electron chi connectivity index (χ4n) is 3.17. The van der Waals surface area contributed by atoms with Gasteiger partial charge in [-0.05, 0) is 36.6 Å². The van der Waals surface area contributed by atoms with Crippen LogP contribution in [0.1, 0.15) is 30.0 Å². The molecule has 2 aromatic carbocycles. The Kier molecular flexibility index (Phi) is 4.89. The standard InChI is InChI=1S/C19H22N2O3/c1-24-18-7-3-2-5-15(18)13-20-19(23)21-12-4-6-17(21)14-8-10-16(22)11-9-14/h2-3,5,7-11,17,22H,4,6,12-13H2,1H3,(H,20,23)/t17-/m0/s1. The van der Waals surface area contributed by atoms with Gasteiger partial charge in [-0.3, -0.25) is 0 Å². The summed E-state index contributed by atoms with van der Waals surface area (Å²) in [5.41, 5.74) is 2.01. The average molecular weight is 326 g/mol. The van der Waals surface area contributed by atoms with E-state index in [0.29, 0.717) is 6.54 Å². The number of para-hydroxylation sites is 1. The number of phenolic OH excluding ortho intramolecular Hbond substituents is 1. The molecule has 0 radical (unpaired) electrons. The third kappa shape index (κ3) is 3.45. The molecule has 1 fully saturated rings. The number of carbonyl (C=O) groups is 1. The maximum atomic E-state index is 12.6. The van der Waals surface area contributed by atoms with Crippen molar-refractivity contribution < 1.29 is 14.6 Å². The van der Waals surface area contributed by atoms with Gasteiger partial charge in [0.1, 0.15) is 11.5 Å². The van der Waals surface area contributed by atoms with Crippen molar-refractivity contribution in [3.05, 3.63) is 59.7 Å². The van der Waals surface area contributed by atoms with Crippen LogP contribution in [0.5, 0.6) is 11.5 Å². The zero-order valence-corrected chi connectivity index (χ0v) is 13.7. The van der Waals surface area contributed by atoms with Crippen LogP contribution in [0.2, 0.25) is 0 Å². The molecule has 0 aliphatic carbocycles. The van der Waals surface area contributed by atoms with Crippen molar-refractivity contribution in [3.8, 4) is 11.5 Å². The van der Waals surface area contributed by atoms with Crippen molar-refractivity contribution in [2.24, 2.45) is 0 Å². The van der Waals surface area contributed by atoms with E-state index in [-0.39, 0.29) is 17.8 Å². The molecule has 5 heteroatoms. The monoisotopic (exact) mass is 326 g/mol. The molecule has 2 aromatic rings. The van der Waals surface area contributed by atoms with Crippen LogP contribution in [0.25, 0.3) is 0 Å². The van der Waals surface area contributed by atoms with Gasteiger partial charge in [-0.25, -0.2) is 4.79 Å². The molecule has 24 heavy (non-hydrogen) atoms. The molecule has 0 bridgehead atoms. The van der Waals surface area contributed by atoms with E-state index in [4.69, 9.17) is 4.74 Å². The van der Waals surface area contributed by atoms with Gasteiger partial charge in [0.05, 0.1) is 13.2 Å². The molecular weight excluding hydrogens is 304 g/mol. The minimum atomic E-state index is -0.0727. The van der Waals surface area contributed by atoms with E-state index in [2.05, 4.69) is 5.32 Å². The predicted octanol–water partition coefficient (Wildman–Crippen LogP) is 3.45. The van der Waals surface area contributed by atoms with Crippen LogP contribution in [0, 0.1) is 0 Å². The lowest BCUT2D eigenvalue weighted by Crippen LogP contribution is -2.39. The molecule has 5 nitrogen and oxygen atoms in total. The van der Waals surface area contributed by atoms with E-state index in [1.54, 1.807) is 19.2 Å². The number of urea groups is 1. The average Bonchev–Trinajstić information content (AvgIpc) is 3.10. The summed E-state index contributed by atoms with van der Waals surface area (Å²) in [5.74, 6) is 1.01. The van der Waals surface area contributed by atoms with Crippen molar-refractivity contribution in [1.29, 1.82) is 0 Å². The highest BCUT2D eigenvalue weighted by Crippen LogP contribution is 2.32. The van der Waals surface area contributed by atoms with Gasteiger partial charge in [0.2, 0.25) is 0 Å². The summed E-state index contributed by atoms with van der Waals surface area (Å²) in [6, 6.07) is 14.7. The lowest BCUT2D eigenvalue weighted by atomic mass is 10.0. The maximum Gasteiger partial charge on any atom is 0.318 e. The van der Waals surface area contributed by atoms with E-state index in [0.717, 1.165) is 36.3 Å². The van der Waals surface area contributed by atoms with Crippen LogP contribution >= 0.6 is 0 Å². The van der Waals surface area contributed by atoms with Crippen LogP contribution in [0.4, 0.5) is 4.79 Å². The number of carbonyl (C=O) groups excluding carboxylic acids is 1. The molecule has 1 saturated heterocycles. The Morgan fingerprint density at radius 1 is 1.25 bits per heavy atom. The van der Waals surface area contributed by atoms with Crippen LogP contribution < -0.4 is 10.1 Å². The first-order chi connectivity index (χ1) is 11.7. The number of nitrogens with one attached hydrogen (secondary N) is 1. The van der Waals surface area contributed by atoms with Crippen molar-refractivity contribution in [1.82, 2.24) is 10.2 Å². The fraction of sp³-hybridized carbons (Fsp3) is 0.316. The Hall–Kier alpha value is -2.69. The third-order valence-electron chi connectivity index (χ3n) is 4.41. The van der Waals surface area contributed by atoms with Crippen molar-refractivity contribution >= 4 is 6.03 Å². The van der Waals surface area contributed by atoms with Gasteiger partial charge in [-0.15, -0.1) is 0 Å². The Balaban J connectivity index is 1.66. The van der Waals surface area contributed by atoms with Crippen molar-refractivity contribution in [2.45, 2.75) is 25.4 Å². The zero-order chi connectivity index (χ0) is 16.9. The first-order valence-corrected chi connectivity index (χ1v) is 8.14. The minimum Gasteiger partial charge on any atom is -0.508 e. The highest BCUT2D eigenvalue weighted by atomic mass is 16.5. The second-order valence-electron chi connectivity index (χ2n) is 5.91. The second-order valence-corrected chi connectivity index (χ2v) is 5.91. The van der Waals surface area contributed by atoms with Gasteiger partial charge < -0.3 is 20.1 Å². The summed E-state index contributed by atoms with van der Waals surface area (Å²) in [6.45, 7) is 1.17. The molecular formula is C19H22N2O3. The maximum absolute atomic E-state index is 12.6. The summed E-state index contributed by atoms with van der Waals surface area (Å²) in [5, 5.41) is 12.4. The number of benzene rings is 2. The summed E-state index contributed by atoms with van der Waals surface area (Å²) in [6.07, 6.45) is 1.92. The molecule has 1 heterocycles. The lowest BCUT2D eigenvalue weighted by molar-refractivity contribution is 0.192. The van der Waals surface area contributed by atoms with Crippen molar-refractivity contribution in [3.63, 3.8) is 0 Å². The lowest BCUT2D eigenvalue weighted by Gasteiger charge is -2.25. The molecule has 126 valence electrons. The number of aromatic hydroxyl groups is 1. The number of phenols is 1. The molecule has 1 aliphatic heterocycles. The number of hydrogen-bond donors (Lipinski definition) is 2. The smallest absolute Gasteiger partial charge is 0.318 e. The normalized spacial score (nSPS) is 16.9. The van der Waals surface area contributed by atoms with E-state index in [9.17, 15) is 9.90 Å². The van der Waals surface area contributed by atoms with Gasteiger partial charge in [-0.1, -0.05) is 30.3 Å². The van der Waals surface area contributed by atoms with Crippen LogP contribution in [-0.2, 0) is 6.54 Å². The van der Waals surface area contributed by atoms with Crippen LogP contribution in [0.15, 0.2) is 48.5 Å². The number of nitrogens with zero attached hydrogens (tertiary/aromatic N) is 1. The summed E-state index contributed by atoms with van der Waals surface area (Å²) in [7, 11) is 1.63. The van der Waals surface area contributed by atoms with Gasteiger partial charge in [-0.2, -0.15) is 0 Å². The molecule has 3 rings (SSSR count). The van der Waals surface area contributed by atoms with Gasteiger partial charge in [0.15, 0.2) is 0 Å². The Labute approximate surface area is 141 Å². The Morgan fingerprint density at radius 2 is 2.00 bits per heavy atom. The predicted molar refractivity (Wildman–Crippen MR) is 92.0 cm³/mol. The molecule has 0 spiro atoms. The Morgan fingerprint density at radius 3 is 2.75 bits per heavy atom. The number of rotatable bonds is 4. The highest BCUT2D eigenvalue weighted by Gasteiger charge is 2.29. The van der Waals surface area contributed by atoms with E-state index in [1.165, 1.54) is 0 Å². The number of ether oxygens (including phenoxy) is 1. The van der Waals surface area contributed by atoms with Gasteiger partial charge in [0.25, 0.3) is 0 Å². The quantitative estimate of drug-likeness (QED) is 0.904. The van der Waals surface area contributed by atoms with Crippen LogP contribution in [-0.4, -0.2) is 29.7 Å². The van der Waals surface area contributed by atoms with Gasteiger partial charge in [0, 0.05) is 18.7 Å². The molecule has 0 saturated carbocycles. The summed E-state index contributed by atoms with van der Waals surface area (Å²) >= 11 is 0. The number of amides is 2. The number of hydrogen-bond acceptors (Lipinski definition) is 3. The molecule has 1 atom stereocenters. The molecule has 0 unspecified atom stereocenters. The third-order valence-corrected chi connectivity index (χ3v) is 4.41. The highest BCUT2D eigenvalue weighted by molar-refractivity contribution is 5.75. The molecule has 1 aliphatic rings. The van der Waals surface area contributed by atoms with E-state index < -0.39 is 0 Å². The summed E-state index contributed by atoms with van der Waals surface area (Å²) in [4.78, 5) is 14.5. The Bertz CT molecular complexity index is 700. The van der Waals surface area contributed by atoms with Crippen molar-refractivity contribution in [2.75, 3.05) is 13.7 Å². The fourth-order valence-corrected chi connectivity index (χ4v) is 3.17. The minimum absolute atomic E-state index is 0.0586. The largest absolute Gasteiger partial charge is 0.508 e. The summed E-state index contributed by atoms with van der Waals surface area (Å²) < 4.78 is 5.32. The van der Waals surface area contributed by atoms with Gasteiger partial charge >= 0.3 is 6.03 Å². The topological polar surface area (TPSA) is 61.8 Å². The first kappa shape index (κ1) is 16.2. The van der Waals surface area contributed by atoms with Crippen LogP contribution in [0.3, 0.4) is 0 Å². The zero-order valence-electron chi connectivity index (χ0n) is 13.7. The number of methoxy groups -OCH3 is 1. The molecule has 0 aromatic heterocycles. The second kappa shape index (κ2) is 7.25.